The number of aryl methyl sites for hydroxylation is 1. The van der Waals surface area contributed by atoms with Gasteiger partial charge in [0.25, 0.3) is 5.91 Å². The third-order valence-electron chi connectivity index (χ3n) is 4.34. The first-order valence-corrected chi connectivity index (χ1v) is 8.57. The molecule has 3 aromatic rings. The Balaban J connectivity index is 1.61. The predicted molar refractivity (Wildman–Crippen MR) is 96.0 cm³/mol. The van der Waals surface area contributed by atoms with E-state index in [-0.39, 0.29) is 18.5 Å². The molecule has 1 aromatic heterocycles. The van der Waals surface area contributed by atoms with Crippen LogP contribution in [0.3, 0.4) is 0 Å². The summed E-state index contributed by atoms with van der Waals surface area (Å²) in [6, 6.07) is 14.9. The summed E-state index contributed by atoms with van der Waals surface area (Å²) in [5.74, 6) is 2.15. The highest BCUT2D eigenvalue weighted by Crippen LogP contribution is 2.33. The smallest absolute Gasteiger partial charge is 0.254 e. The number of nitrogens with zero attached hydrogens (tertiary/aromatic N) is 1. The first kappa shape index (κ1) is 17.1. The van der Waals surface area contributed by atoms with E-state index >= 15 is 0 Å². The summed E-state index contributed by atoms with van der Waals surface area (Å²) in [5, 5.41) is 0. The quantitative estimate of drug-likeness (QED) is 0.675. The fraction of sp³-hybridized carbons (Fsp3) is 0.190. The summed E-state index contributed by atoms with van der Waals surface area (Å²) in [5.41, 5.74) is 1.32. The van der Waals surface area contributed by atoms with Crippen molar-refractivity contribution in [3.8, 4) is 11.5 Å². The molecule has 5 nitrogen and oxygen atoms in total. The number of amides is 1. The minimum atomic E-state index is -0.311. The van der Waals surface area contributed by atoms with Crippen LogP contribution in [0.2, 0.25) is 0 Å². The molecule has 0 saturated carbocycles. The van der Waals surface area contributed by atoms with E-state index in [9.17, 15) is 9.18 Å². The SMILES string of the molecule is Cc1ccc(CN(Cc2ccc(F)cc2)C(=O)c2ccc3c(c2)OCO3)o1. The maximum absolute atomic E-state index is 13.2. The van der Waals surface area contributed by atoms with E-state index in [0.29, 0.717) is 35.9 Å². The van der Waals surface area contributed by atoms with Crippen molar-refractivity contribution in [3.63, 3.8) is 0 Å². The second-order valence-corrected chi connectivity index (χ2v) is 6.37. The molecule has 0 bridgehead atoms. The van der Waals surface area contributed by atoms with Crippen LogP contribution in [-0.2, 0) is 13.1 Å². The van der Waals surface area contributed by atoms with Crippen molar-refractivity contribution in [1.82, 2.24) is 4.90 Å². The molecule has 0 unspecified atom stereocenters. The van der Waals surface area contributed by atoms with Gasteiger partial charge in [0.2, 0.25) is 6.79 Å². The third-order valence-corrected chi connectivity index (χ3v) is 4.34. The van der Waals surface area contributed by atoms with Gasteiger partial charge in [0.15, 0.2) is 11.5 Å². The minimum Gasteiger partial charge on any atom is -0.464 e. The highest BCUT2D eigenvalue weighted by atomic mass is 19.1. The van der Waals surface area contributed by atoms with Gasteiger partial charge in [0, 0.05) is 12.1 Å². The average molecular weight is 367 g/mol. The Morgan fingerprint density at radius 3 is 2.52 bits per heavy atom. The Hall–Kier alpha value is -3.28. The van der Waals surface area contributed by atoms with E-state index in [1.165, 1.54) is 12.1 Å². The number of hydrogen-bond acceptors (Lipinski definition) is 4. The summed E-state index contributed by atoms with van der Waals surface area (Å²) in [4.78, 5) is 14.8. The molecule has 27 heavy (non-hydrogen) atoms. The number of furan rings is 1. The minimum absolute atomic E-state index is 0.151. The van der Waals surface area contributed by atoms with Crippen molar-refractivity contribution in [2.75, 3.05) is 6.79 Å². The lowest BCUT2D eigenvalue weighted by molar-refractivity contribution is 0.0716. The lowest BCUT2D eigenvalue weighted by Crippen LogP contribution is -2.30. The fourth-order valence-electron chi connectivity index (χ4n) is 2.98. The van der Waals surface area contributed by atoms with Crippen LogP contribution >= 0.6 is 0 Å². The fourth-order valence-corrected chi connectivity index (χ4v) is 2.98. The molecule has 138 valence electrons. The topological polar surface area (TPSA) is 51.9 Å². The predicted octanol–water partition coefficient (Wildman–Crippen LogP) is 4.30. The van der Waals surface area contributed by atoms with E-state index in [1.807, 2.05) is 19.1 Å². The Bertz CT molecular complexity index is 965. The zero-order chi connectivity index (χ0) is 18.8. The van der Waals surface area contributed by atoms with Crippen LogP contribution in [0.4, 0.5) is 4.39 Å². The van der Waals surface area contributed by atoms with E-state index in [2.05, 4.69) is 0 Å². The highest BCUT2D eigenvalue weighted by molar-refractivity contribution is 5.95. The zero-order valence-electron chi connectivity index (χ0n) is 14.8. The standard InChI is InChI=1S/C21H18FNO4/c1-14-2-8-18(27-14)12-23(11-15-3-6-17(22)7-4-15)21(24)16-5-9-19-20(10-16)26-13-25-19/h2-10H,11-13H2,1H3. The van der Waals surface area contributed by atoms with Gasteiger partial charge in [0.1, 0.15) is 17.3 Å². The Morgan fingerprint density at radius 1 is 1.00 bits per heavy atom. The maximum atomic E-state index is 13.2. The number of halogens is 1. The molecule has 1 aliphatic rings. The van der Waals surface area contributed by atoms with E-state index < -0.39 is 0 Å². The van der Waals surface area contributed by atoms with Gasteiger partial charge in [-0.15, -0.1) is 0 Å². The van der Waals surface area contributed by atoms with Crippen molar-refractivity contribution in [2.24, 2.45) is 0 Å². The van der Waals surface area contributed by atoms with Gasteiger partial charge in [-0.25, -0.2) is 4.39 Å². The summed E-state index contributed by atoms with van der Waals surface area (Å²) in [6.07, 6.45) is 0. The van der Waals surface area contributed by atoms with Gasteiger partial charge in [-0.3, -0.25) is 4.79 Å². The van der Waals surface area contributed by atoms with Crippen LogP contribution in [0.25, 0.3) is 0 Å². The van der Waals surface area contributed by atoms with Crippen LogP contribution in [0.1, 0.15) is 27.4 Å². The number of benzene rings is 2. The van der Waals surface area contributed by atoms with Gasteiger partial charge in [0.05, 0.1) is 6.54 Å². The number of ether oxygens (including phenoxy) is 2. The molecular weight excluding hydrogens is 349 g/mol. The van der Waals surface area contributed by atoms with Gasteiger partial charge in [-0.1, -0.05) is 12.1 Å². The average Bonchev–Trinajstić information content (AvgIpc) is 3.30. The highest BCUT2D eigenvalue weighted by Gasteiger charge is 2.21. The Labute approximate surface area is 155 Å². The monoisotopic (exact) mass is 367 g/mol. The first-order valence-electron chi connectivity index (χ1n) is 8.57. The van der Waals surface area contributed by atoms with Crippen LogP contribution in [0.5, 0.6) is 11.5 Å². The first-order chi connectivity index (χ1) is 13.1. The molecule has 2 heterocycles. The molecule has 6 heteroatoms. The number of rotatable bonds is 5. The number of carbonyl (C=O) groups is 1. The van der Waals surface area contributed by atoms with Crippen molar-refractivity contribution >= 4 is 5.91 Å². The summed E-state index contributed by atoms with van der Waals surface area (Å²) in [6.45, 7) is 2.64. The lowest BCUT2D eigenvalue weighted by Gasteiger charge is -2.22. The largest absolute Gasteiger partial charge is 0.464 e. The molecule has 0 radical (unpaired) electrons. The molecule has 2 aromatic carbocycles. The molecule has 0 N–H and O–H groups in total. The molecule has 0 fully saturated rings. The van der Waals surface area contributed by atoms with Crippen molar-refractivity contribution < 1.29 is 23.1 Å². The van der Waals surface area contributed by atoms with Gasteiger partial charge < -0.3 is 18.8 Å². The number of fused-ring (bicyclic) bond motifs is 1. The summed E-state index contributed by atoms with van der Waals surface area (Å²) in [7, 11) is 0. The molecule has 1 aliphatic heterocycles. The van der Waals surface area contributed by atoms with Crippen molar-refractivity contribution in [3.05, 3.63) is 83.1 Å². The zero-order valence-corrected chi connectivity index (χ0v) is 14.8. The Kier molecular flexibility index (Phi) is 4.54. The normalized spacial score (nSPS) is 12.2. The van der Waals surface area contributed by atoms with Crippen LogP contribution in [0, 0.1) is 12.7 Å². The number of hydrogen-bond donors (Lipinski definition) is 0. The van der Waals surface area contributed by atoms with E-state index in [0.717, 1.165) is 11.3 Å². The van der Waals surface area contributed by atoms with Gasteiger partial charge in [-0.05, 0) is 55.0 Å². The van der Waals surface area contributed by atoms with E-state index in [4.69, 9.17) is 13.9 Å². The molecule has 4 rings (SSSR count). The molecule has 1 amide bonds. The summed E-state index contributed by atoms with van der Waals surface area (Å²) >= 11 is 0. The number of carbonyl (C=O) groups excluding carboxylic acids is 1. The van der Waals surface area contributed by atoms with Crippen molar-refractivity contribution in [2.45, 2.75) is 20.0 Å². The van der Waals surface area contributed by atoms with Gasteiger partial charge >= 0.3 is 0 Å². The molecule has 0 spiro atoms. The lowest BCUT2D eigenvalue weighted by atomic mass is 10.1. The molecule has 0 atom stereocenters. The summed E-state index contributed by atoms with van der Waals surface area (Å²) < 4.78 is 29.5. The van der Waals surface area contributed by atoms with Crippen LogP contribution < -0.4 is 9.47 Å². The van der Waals surface area contributed by atoms with Crippen molar-refractivity contribution in [1.29, 1.82) is 0 Å². The Morgan fingerprint density at radius 2 is 1.78 bits per heavy atom. The molecule has 0 saturated heterocycles. The third kappa shape index (κ3) is 3.79. The molecule has 0 aliphatic carbocycles. The van der Waals surface area contributed by atoms with Gasteiger partial charge in [-0.2, -0.15) is 0 Å². The van der Waals surface area contributed by atoms with Crippen LogP contribution in [0.15, 0.2) is 59.0 Å². The second-order valence-electron chi connectivity index (χ2n) is 6.37. The van der Waals surface area contributed by atoms with E-state index in [1.54, 1.807) is 35.2 Å². The maximum Gasteiger partial charge on any atom is 0.254 e. The second kappa shape index (κ2) is 7.15. The molecular formula is C21H18FNO4. The van der Waals surface area contributed by atoms with Crippen LogP contribution in [-0.4, -0.2) is 17.6 Å².